The number of carbonyl (C=O) groups is 1. The normalized spacial score (nSPS) is 24.4. The second-order valence-corrected chi connectivity index (χ2v) is 6.06. The average molecular weight is 356 g/mol. The lowest BCUT2D eigenvalue weighted by molar-refractivity contribution is -0.384. The summed E-state index contributed by atoms with van der Waals surface area (Å²) in [4.78, 5) is 24.9. The smallest absolute Gasteiger partial charge is 0.286 e. The van der Waals surface area contributed by atoms with Crippen LogP contribution in [0.2, 0.25) is 0 Å². The first-order valence-corrected chi connectivity index (χ1v) is 7.85. The number of hydrogen-bond acceptors (Lipinski definition) is 6. The van der Waals surface area contributed by atoms with Gasteiger partial charge in [-0.15, -0.1) is 0 Å². The fourth-order valence-electron chi connectivity index (χ4n) is 3.26. The molecule has 0 N–H and O–H groups in total. The fraction of sp³-hybridized carbons (Fsp3) is 0.176. The molecular weight excluding hydrogens is 344 g/mol. The molecule has 8 heteroatoms. The highest BCUT2D eigenvalue weighted by Crippen LogP contribution is 2.47. The number of rotatable bonds is 3. The summed E-state index contributed by atoms with van der Waals surface area (Å²) in [7, 11) is 1.47. The molecule has 25 heavy (non-hydrogen) atoms. The van der Waals surface area contributed by atoms with Crippen LogP contribution >= 0.6 is 12.2 Å². The van der Waals surface area contributed by atoms with Gasteiger partial charge in [-0.2, -0.15) is 0 Å². The van der Waals surface area contributed by atoms with Gasteiger partial charge in [0.1, 0.15) is 4.99 Å². The maximum Gasteiger partial charge on any atom is 0.286 e. The van der Waals surface area contributed by atoms with E-state index in [0.29, 0.717) is 16.8 Å². The topological polar surface area (TPSA) is 81.9 Å². The number of ketones is 1. The Balaban J connectivity index is 1.90. The van der Waals surface area contributed by atoms with Crippen LogP contribution in [-0.2, 0) is 15.4 Å². The van der Waals surface area contributed by atoms with Crippen LogP contribution in [0.1, 0.15) is 15.9 Å². The number of nitrogens with zero attached hydrogens (tertiary/aromatic N) is 2. The van der Waals surface area contributed by atoms with E-state index in [2.05, 4.69) is 0 Å². The zero-order valence-electron chi connectivity index (χ0n) is 13.0. The molecule has 2 aliphatic rings. The fourth-order valence-corrected chi connectivity index (χ4v) is 3.64. The Bertz CT molecular complexity index is 914. The van der Waals surface area contributed by atoms with E-state index < -0.39 is 16.9 Å². The Morgan fingerprint density at radius 3 is 2.56 bits per heavy atom. The summed E-state index contributed by atoms with van der Waals surface area (Å²) in [5.74, 6) is -1.60. The van der Waals surface area contributed by atoms with Gasteiger partial charge in [-0.3, -0.25) is 19.8 Å². The molecule has 0 saturated carbocycles. The first-order valence-electron chi connectivity index (χ1n) is 7.45. The van der Waals surface area contributed by atoms with Gasteiger partial charge in [0, 0.05) is 36.1 Å². The van der Waals surface area contributed by atoms with Crippen LogP contribution < -0.4 is 4.90 Å². The molecule has 126 valence electrons. The summed E-state index contributed by atoms with van der Waals surface area (Å²) in [6, 6.07) is 12.9. The molecule has 4 rings (SSSR count). The van der Waals surface area contributed by atoms with Gasteiger partial charge in [-0.1, -0.05) is 36.5 Å². The Hall–Kier alpha value is -2.68. The summed E-state index contributed by atoms with van der Waals surface area (Å²) in [6.45, 7) is 0. The third-order valence-corrected chi connectivity index (χ3v) is 4.78. The number of methoxy groups -OCH3 is 1. The molecule has 2 aromatic rings. The van der Waals surface area contributed by atoms with Gasteiger partial charge in [0.25, 0.3) is 11.6 Å². The van der Waals surface area contributed by atoms with Crippen molar-refractivity contribution in [1.29, 1.82) is 0 Å². The SMILES string of the molecule is COC12OC(C(=O)c3ccccc31)C(=S)N2c1ccc([N+](=O)[O-])cc1. The third-order valence-electron chi connectivity index (χ3n) is 4.38. The van der Waals surface area contributed by atoms with Crippen molar-refractivity contribution in [3.05, 3.63) is 69.8 Å². The maximum atomic E-state index is 12.7. The van der Waals surface area contributed by atoms with Crippen LogP contribution in [0, 0.1) is 10.1 Å². The summed E-state index contributed by atoms with van der Waals surface area (Å²) >= 11 is 5.47. The first-order chi connectivity index (χ1) is 12.0. The minimum atomic E-state index is -1.37. The quantitative estimate of drug-likeness (QED) is 0.475. The summed E-state index contributed by atoms with van der Waals surface area (Å²) < 4.78 is 11.6. The van der Waals surface area contributed by atoms with E-state index in [1.807, 2.05) is 0 Å². The van der Waals surface area contributed by atoms with Crippen LogP contribution in [0.15, 0.2) is 48.5 Å². The predicted octanol–water partition coefficient (Wildman–Crippen LogP) is 2.78. The third kappa shape index (κ3) is 2.05. The Morgan fingerprint density at radius 1 is 1.24 bits per heavy atom. The van der Waals surface area contributed by atoms with E-state index in [9.17, 15) is 14.9 Å². The second kappa shape index (κ2) is 5.41. The van der Waals surface area contributed by atoms with E-state index in [0.717, 1.165) is 0 Å². The van der Waals surface area contributed by atoms with Crippen LogP contribution in [0.25, 0.3) is 0 Å². The van der Waals surface area contributed by atoms with Crippen molar-refractivity contribution < 1.29 is 19.2 Å². The van der Waals surface area contributed by atoms with Crippen molar-refractivity contribution in [2.75, 3.05) is 12.0 Å². The number of ether oxygens (including phenoxy) is 2. The number of hydrogen-bond donors (Lipinski definition) is 0. The van der Waals surface area contributed by atoms with Gasteiger partial charge >= 0.3 is 0 Å². The van der Waals surface area contributed by atoms with E-state index in [-0.39, 0.29) is 16.5 Å². The minimum Gasteiger partial charge on any atom is -0.332 e. The number of benzene rings is 2. The largest absolute Gasteiger partial charge is 0.332 e. The van der Waals surface area contributed by atoms with Gasteiger partial charge < -0.3 is 9.47 Å². The van der Waals surface area contributed by atoms with Crippen molar-refractivity contribution in [2.24, 2.45) is 0 Å². The number of nitro benzene ring substituents is 1. The molecular formula is C17H12N2O5S. The van der Waals surface area contributed by atoms with Gasteiger partial charge in [0.15, 0.2) is 11.9 Å². The second-order valence-electron chi connectivity index (χ2n) is 5.64. The molecule has 1 fully saturated rings. The number of fused-ring (bicyclic) bond motifs is 4. The Morgan fingerprint density at radius 2 is 1.92 bits per heavy atom. The molecule has 0 radical (unpaired) electrons. The Kier molecular flexibility index (Phi) is 3.43. The summed E-state index contributed by atoms with van der Waals surface area (Å²) in [6.07, 6.45) is -0.931. The highest BCUT2D eigenvalue weighted by atomic mass is 32.1. The zero-order valence-corrected chi connectivity index (χ0v) is 13.9. The monoisotopic (exact) mass is 356 g/mol. The van der Waals surface area contributed by atoms with E-state index >= 15 is 0 Å². The number of carbonyl (C=O) groups excluding carboxylic acids is 1. The van der Waals surface area contributed by atoms with Crippen LogP contribution in [0.5, 0.6) is 0 Å². The molecule has 0 aliphatic carbocycles. The first kappa shape index (κ1) is 15.8. The maximum absolute atomic E-state index is 12.7. The molecule has 2 atom stereocenters. The molecule has 2 aromatic carbocycles. The lowest BCUT2D eigenvalue weighted by atomic mass is 9.97. The van der Waals surface area contributed by atoms with Gasteiger partial charge in [0.2, 0.25) is 0 Å². The van der Waals surface area contributed by atoms with Crippen molar-refractivity contribution in [3.8, 4) is 0 Å². The number of nitro groups is 1. The molecule has 0 spiro atoms. The van der Waals surface area contributed by atoms with Crippen molar-refractivity contribution in [1.82, 2.24) is 0 Å². The summed E-state index contributed by atoms with van der Waals surface area (Å²) in [5, 5.41) is 10.9. The summed E-state index contributed by atoms with van der Waals surface area (Å²) in [5.41, 5.74) is 1.55. The standard InChI is InChI=1S/C17H12N2O5S/c1-23-17-13-5-3-2-4-12(13)14(20)15(24-17)16(25)18(17)10-6-8-11(9-7-10)19(21)22/h2-9,15H,1H3. The molecule has 0 aromatic heterocycles. The van der Waals surface area contributed by atoms with Gasteiger partial charge in [0.05, 0.1) is 4.92 Å². The highest BCUT2D eigenvalue weighted by molar-refractivity contribution is 7.80. The molecule has 2 bridgehead atoms. The number of Topliss-reactive ketones (excluding diaryl/α,β-unsaturated/α-hetero) is 1. The number of anilines is 1. The lowest BCUT2D eigenvalue weighted by Crippen LogP contribution is -2.46. The zero-order chi connectivity index (χ0) is 17.8. The Labute approximate surface area is 147 Å². The van der Waals surface area contributed by atoms with Crippen LogP contribution in [0.3, 0.4) is 0 Å². The van der Waals surface area contributed by atoms with Gasteiger partial charge in [-0.25, -0.2) is 0 Å². The van der Waals surface area contributed by atoms with Crippen molar-refractivity contribution in [3.63, 3.8) is 0 Å². The minimum absolute atomic E-state index is 0.0410. The van der Waals surface area contributed by atoms with Crippen LogP contribution in [-0.4, -0.2) is 28.9 Å². The molecule has 7 nitrogen and oxygen atoms in total. The van der Waals surface area contributed by atoms with Crippen molar-refractivity contribution >= 4 is 34.4 Å². The van der Waals surface area contributed by atoms with E-state index in [1.165, 1.54) is 19.2 Å². The van der Waals surface area contributed by atoms with E-state index in [4.69, 9.17) is 21.7 Å². The lowest BCUT2D eigenvalue weighted by Gasteiger charge is -2.38. The highest BCUT2D eigenvalue weighted by Gasteiger charge is 2.60. The van der Waals surface area contributed by atoms with Crippen molar-refractivity contribution in [2.45, 2.75) is 12.0 Å². The molecule has 2 aliphatic heterocycles. The molecule has 2 unspecified atom stereocenters. The number of non-ortho nitro benzene ring substituents is 1. The van der Waals surface area contributed by atoms with Crippen LogP contribution in [0.4, 0.5) is 11.4 Å². The molecule has 1 saturated heterocycles. The van der Waals surface area contributed by atoms with Gasteiger partial charge in [-0.05, 0) is 12.1 Å². The molecule has 2 heterocycles. The predicted molar refractivity (Wildman–Crippen MR) is 92.5 cm³/mol. The van der Waals surface area contributed by atoms with E-state index in [1.54, 1.807) is 41.3 Å². The molecule has 0 amide bonds. The average Bonchev–Trinajstić information content (AvgIpc) is 2.91. The number of thiocarbonyl (C=S) groups is 1.